The van der Waals surface area contributed by atoms with Crippen molar-refractivity contribution in [2.75, 3.05) is 6.61 Å². The molecular formula is C12H12BrF3O2. The van der Waals surface area contributed by atoms with Gasteiger partial charge in [-0.15, -0.1) is 13.2 Å². The minimum atomic E-state index is -4.70. The smallest absolute Gasteiger partial charge is 0.489 e. The first-order valence-corrected chi connectivity index (χ1v) is 5.88. The molecule has 0 aliphatic carbocycles. The molecule has 100 valence electrons. The maximum Gasteiger partial charge on any atom is 0.573 e. The molecule has 0 aliphatic rings. The number of benzene rings is 1. The lowest BCUT2D eigenvalue weighted by Crippen LogP contribution is -2.17. The molecule has 0 saturated heterocycles. The van der Waals surface area contributed by atoms with E-state index in [1.165, 1.54) is 18.2 Å². The van der Waals surface area contributed by atoms with Crippen molar-refractivity contribution in [3.05, 3.63) is 34.3 Å². The molecule has 0 saturated carbocycles. The van der Waals surface area contributed by atoms with Crippen molar-refractivity contribution in [1.29, 1.82) is 0 Å². The minimum Gasteiger partial charge on any atom is -0.489 e. The van der Waals surface area contributed by atoms with Gasteiger partial charge in [-0.2, -0.15) is 0 Å². The fourth-order valence-corrected chi connectivity index (χ4v) is 1.52. The second-order valence-electron chi connectivity index (χ2n) is 3.73. The maximum atomic E-state index is 12.0. The summed E-state index contributed by atoms with van der Waals surface area (Å²) in [7, 11) is 0. The van der Waals surface area contributed by atoms with Crippen LogP contribution in [0.15, 0.2) is 34.3 Å². The largest absolute Gasteiger partial charge is 0.573 e. The van der Waals surface area contributed by atoms with Gasteiger partial charge in [-0.25, -0.2) is 0 Å². The fourth-order valence-electron chi connectivity index (χ4n) is 1.08. The summed E-state index contributed by atoms with van der Waals surface area (Å²) >= 11 is 3.00. The molecule has 1 aromatic carbocycles. The van der Waals surface area contributed by atoms with Crippen LogP contribution in [0.25, 0.3) is 0 Å². The number of hydrogen-bond donors (Lipinski definition) is 0. The molecule has 0 N–H and O–H groups in total. The molecule has 0 aliphatic heterocycles. The molecule has 0 heterocycles. The summed E-state index contributed by atoms with van der Waals surface area (Å²) in [5.74, 6) is 0.172. The molecule has 0 amide bonds. The highest BCUT2D eigenvalue weighted by Gasteiger charge is 2.31. The predicted octanol–water partition coefficient (Wildman–Crippen LogP) is 4.69. The molecule has 18 heavy (non-hydrogen) atoms. The molecule has 1 rings (SSSR count). The van der Waals surface area contributed by atoms with Gasteiger partial charge in [0, 0.05) is 0 Å². The van der Waals surface area contributed by atoms with Crippen LogP contribution in [-0.4, -0.2) is 13.0 Å². The number of hydrogen-bond acceptors (Lipinski definition) is 2. The molecule has 0 bridgehead atoms. The fraction of sp³-hybridized carbons (Fsp3) is 0.333. The molecule has 0 aromatic heterocycles. The Morgan fingerprint density at radius 2 is 2.00 bits per heavy atom. The van der Waals surface area contributed by atoms with Crippen LogP contribution in [0.4, 0.5) is 13.2 Å². The van der Waals surface area contributed by atoms with Crippen molar-refractivity contribution >= 4 is 15.9 Å². The zero-order valence-electron chi connectivity index (χ0n) is 9.84. The first kappa shape index (κ1) is 14.9. The topological polar surface area (TPSA) is 18.5 Å². The van der Waals surface area contributed by atoms with Crippen LogP contribution in [0.2, 0.25) is 0 Å². The molecule has 2 nitrogen and oxygen atoms in total. The summed E-state index contributed by atoms with van der Waals surface area (Å²) in [6, 6.07) is 4.06. The molecule has 0 fully saturated rings. The first-order valence-electron chi connectivity index (χ1n) is 5.09. The van der Waals surface area contributed by atoms with Crippen molar-refractivity contribution in [3.8, 4) is 11.5 Å². The number of rotatable bonds is 4. The van der Waals surface area contributed by atoms with Gasteiger partial charge in [0.05, 0.1) is 4.47 Å². The molecule has 1 aromatic rings. The van der Waals surface area contributed by atoms with E-state index in [4.69, 9.17) is 4.74 Å². The van der Waals surface area contributed by atoms with Gasteiger partial charge >= 0.3 is 6.36 Å². The van der Waals surface area contributed by atoms with Gasteiger partial charge in [-0.1, -0.05) is 5.57 Å². The van der Waals surface area contributed by atoms with Crippen LogP contribution < -0.4 is 9.47 Å². The second-order valence-corrected chi connectivity index (χ2v) is 4.59. The van der Waals surface area contributed by atoms with Crippen LogP contribution in [0, 0.1) is 0 Å². The molecule has 0 atom stereocenters. The lowest BCUT2D eigenvalue weighted by Gasteiger charge is -2.11. The second kappa shape index (κ2) is 6.13. The van der Waals surface area contributed by atoms with Crippen LogP contribution >= 0.6 is 15.9 Å². The maximum absolute atomic E-state index is 12.0. The van der Waals surface area contributed by atoms with Crippen molar-refractivity contribution in [1.82, 2.24) is 0 Å². The Morgan fingerprint density at radius 1 is 1.33 bits per heavy atom. The highest BCUT2D eigenvalue weighted by Crippen LogP contribution is 2.33. The summed E-state index contributed by atoms with van der Waals surface area (Å²) < 4.78 is 45.4. The zero-order chi connectivity index (χ0) is 13.8. The Hall–Kier alpha value is -1.17. The Kier molecular flexibility index (Phi) is 5.07. The van der Waals surface area contributed by atoms with E-state index < -0.39 is 6.36 Å². The number of alkyl halides is 3. The van der Waals surface area contributed by atoms with E-state index in [0.29, 0.717) is 12.4 Å². The standard InChI is InChI=1S/C12H12BrF3O2/c1-8(2)5-6-17-9-3-4-11(10(13)7-9)18-12(14,15)16/h3-5,7H,6H2,1-2H3. The van der Waals surface area contributed by atoms with Crippen LogP contribution in [0.1, 0.15) is 13.8 Å². The SMILES string of the molecule is CC(C)=CCOc1ccc(OC(F)(F)F)c(Br)c1. The quantitative estimate of drug-likeness (QED) is 0.748. The van der Waals surface area contributed by atoms with E-state index in [1.54, 1.807) is 0 Å². The van der Waals surface area contributed by atoms with Crippen molar-refractivity contribution in [2.24, 2.45) is 0 Å². The monoisotopic (exact) mass is 324 g/mol. The van der Waals surface area contributed by atoms with Gasteiger partial charge in [0.2, 0.25) is 0 Å². The van der Waals surface area contributed by atoms with E-state index >= 15 is 0 Å². The highest BCUT2D eigenvalue weighted by molar-refractivity contribution is 9.10. The average molecular weight is 325 g/mol. The summed E-state index contributed by atoms with van der Waals surface area (Å²) in [6.07, 6.45) is -2.83. The molecular weight excluding hydrogens is 313 g/mol. The van der Waals surface area contributed by atoms with E-state index in [2.05, 4.69) is 20.7 Å². The van der Waals surface area contributed by atoms with E-state index in [9.17, 15) is 13.2 Å². The normalized spacial score (nSPS) is 11.0. The van der Waals surface area contributed by atoms with Gasteiger partial charge < -0.3 is 9.47 Å². The summed E-state index contributed by atoms with van der Waals surface area (Å²) in [5, 5.41) is 0. The van der Waals surface area contributed by atoms with Crippen LogP contribution in [-0.2, 0) is 0 Å². The van der Waals surface area contributed by atoms with E-state index in [0.717, 1.165) is 5.57 Å². The van der Waals surface area contributed by atoms with Gasteiger partial charge in [-0.05, 0) is 54.1 Å². The number of halogens is 4. The zero-order valence-corrected chi connectivity index (χ0v) is 11.4. The lowest BCUT2D eigenvalue weighted by molar-refractivity contribution is -0.274. The van der Waals surface area contributed by atoms with E-state index in [-0.39, 0.29) is 10.2 Å². The number of ether oxygens (including phenoxy) is 2. The molecule has 0 radical (unpaired) electrons. The molecule has 0 spiro atoms. The Labute approximate surface area is 112 Å². The van der Waals surface area contributed by atoms with Crippen molar-refractivity contribution in [2.45, 2.75) is 20.2 Å². The van der Waals surface area contributed by atoms with Gasteiger partial charge in [0.1, 0.15) is 18.1 Å². The molecule has 0 unspecified atom stereocenters. The summed E-state index contributed by atoms with van der Waals surface area (Å²) in [4.78, 5) is 0. The Balaban J connectivity index is 2.70. The Bertz CT molecular complexity index is 437. The van der Waals surface area contributed by atoms with Gasteiger partial charge in [-0.3, -0.25) is 0 Å². The van der Waals surface area contributed by atoms with Crippen molar-refractivity contribution in [3.63, 3.8) is 0 Å². The van der Waals surface area contributed by atoms with E-state index in [1.807, 2.05) is 19.9 Å². The van der Waals surface area contributed by atoms with Crippen molar-refractivity contribution < 1.29 is 22.6 Å². The first-order chi connectivity index (χ1) is 8.28. The summed E-state index contributed by atoms with van der Waals surface area (Å²) in [6.45, 7) is 4.23. The average Bonchev–Trinajstić information content (AvgIpc) is 2.19. The lowest BCUT2D eigenvalue weighted by atomic mass is 10.3. The van der Waals surface area contributed by atoms with Crippen LogP contribution in [0.3, 0.4) is 0 Å². The van der Waals surface area contributed by atoms with Gasteiger partial charge in [0.15, 0.2) is 0 Å². The summed E-state index contributed by atoms with van der Waals surface area (Å²) in [5.41, 5.74) is 1.10. The molecule has 6 heteroatoms. The third kappa shape index (κ3) is 5.44. The van der Waals surface area contributed by atoms with Gasteiger partial charge in [0.25, 0.3) is 0 Å². The van der Waals surface area contributed by atoms with Crippen LogP contribution in [0.5, 0.6) is 11.5 Å². The minimum absolute atomic E-state index is 0.189. The third-order valence-corrected chi connectivity index (χ3v) is 2.49. The highest BCUT2D eigenvalue weighted by atomic mass is 79.9. The third-order valence-electron chi connectivity index (χ3n) is 1.87. The predicted molar refractivity (Wildman–Crippen MR) is 65.8 cm³/mol. The number of allylic oxidation sites excluding steroid dienone is 1. The Morgan fingerprint density at radius 3 is 2.50 bits per heavy atom.